The molecule has 2 amide bonds. The summed E-state index contributed by atoms with van der Waals surface area (Å²) in [5.41, 5.74) is 1.94. The second kappa shape index (κ2) is 9.27. The number of hydrogen-bond acceptors (Lipinski definition) is 3. The van der Waals surface area contributed by atoms with Gasteiger partial charge < -0.3 is 15.0 Å². The summed E-state index contributed by atoms with van der Waals surface area (Å²) in [5.74, 6) is 0.644. The molecule has 0 aliphatic carbocycles. The van der Waals surface area contributed by atoms with E-state index >= 15 is 0 Å². The molecule has 5 nitrogen and oxygen atoms in total. The fraction of sp³-hybridized carbons (Fsp3) is 0.200. The lowest BCUT2D eigenvalue weighted by molar-refractivity contribution is -0.132. The molecule has 0 radical (unpaired) electrons. The molecule has 3 aromatic rings. The van der Waals surface area contributed by atoms with Crippen LogP contribution in [0.1, 0.15) is 12.0 Å². The van der Waals surface area contributed by atoms with Gasteiger partial charge in [0, 0.05) is 18.8 Å². The fourth-order valence-corrected chi connectivity index (χ4v) is 3.59. The van der Waals surface area contributed by atoms with Crippen LogP contribution in [0.2, 0.25) is 0 Å². The first kappa shape index (κ1) is 19.7. The second-order valence-corrected chi connectivity index (χ2v) is 7.27. The zero-order valence-electron chi connectivity index (χ0n) is 16.7. The summed E-state index contributed by atoms with van der Waals surface area (Å²) < 4.78 is 5.79. The van der Waals surface area contributed by atoms with Crippen molar-refractivity contribution in [2.45, 2.75) is 12.8 Å². The third kappa shape index (κ3) is 4.69. The molecule has 1 unspecified atom stereocenters. The van der Waals surface area contributed by atoms with E-state index in [0.717, 1.165) is 22.7 Å². The minimum absolute atomic E-state index is 0.124. The monoisotopic (exact) mass is 400 g/mol. The predicted molar refractivity (Wildman–Crippen MR) is 117 cm³/mol. The molecule has 1 saturated heterocycles. The summed E-state index contributed by atoms with van der Waals surface area (Å²) in [5, 5.41) is 2.91. The maximum absolute atomic E-state index is 12.6. The molecule has 1 heterocycles. The highest BCUT2D eigenvalue weighted by atomic mass is 16.5. The van der Waals surface area contributed by atoms with Gasteiger partial charge in [0.2, 0.25) is 11.8 Å². The molecule has 3 aromatic carbocycles. The number of carbonyl (C=O) groups excluding carboxylic acids is 2. The van der Waals surface area contributed by atoms with Crippen LogP contribution in [0.5, 0.6) is 11.5 Å². The van der Waals surface area contributed by atoms with Crippen molar-refractivity contribution >= 4 is 17.5 Å². The zero-order valence-corrected chi connectivity index (χ0v) is 16.7. The van der Waals surface area contributed by atoms with Crippen LogP contribution in [0.15, 0.2) is 84.9 Å². The van der Waals surface area contributed by atoms with Gasteiger partial charge in [-0.2, -0.15) is 0 Å². The molecule has 0 saturated carbocycles. The topological polar surface area (TPSA) is 58.6 Å². The van der Waals surface area contributed by atoms with E-state index in [-0.39, 0.29) is 11.8 Å². The zero-order chi connectivity index (χ0) is 20.8. The maximum Gasteiger partial charge on any atom is 0.239 e. The van der Waals surface area contributed by atoms with Crippen molar-refractivity contribution in [1.29, 1.82) is 0 Å². The Morgan fingerprint density at radius 2 is 1.53 bits per heavy atom. The number of nitrogens with zero attached hydrogens (tertiary/aromatic N) is 1. The highest BCUT2D eigenvalue weighted by molar-refractivity contribution is 6.09. The molecule has 0 bridgehead atoms. The molecule has 0 spiro atoms. The summed E-state index contributed by atoms with van der Waals surface area (Å²) in [6, 6.07) is 26.9. The van der Waals surface area contributed by atoms with Crippen molar-refractivity contribution in [2.24, 2.45) is 5.92 Å². The number of hydrogen-bond donors (Lipinski definition) is 1. The van der Waals surface area contributed by atoms with Crippen LogP contribution in [-0.2, 0) is 16.0 Å². The van der Waals surface area contributed by atoms with Gasteiger partial charge in [-0.15, -0.1) is 0 Å². The SMILES string of the molecule is O=C(NCCc1ccc(Oc2ccccc2)cc1)C1CCN(c2ccccc2)C1=O. The first-order valence-corrected chi connectivity index (χ1v) is 10.2. The van der Waals surface area contributed by atoms with Crippen LogP contribution < -0.4 is 15.0 Å². The summed E-state index contributed by atoms with van der Waals surface area (Å²) in [7, 11) is 0. The van der Waals surface area contributed by atoms with Gasteiger partial charge in [0.1, 0.15) is 17.4 Å². The van der Waals surface area contributed by atoms with Crippen LogP contribution in [-0.4, -0.2) is 24.9 Å². The van der Waals surface area contributed by atoms with Crippen molar-refractivity contribution < 1.29 is 14.3 Å². The minimum Gasteiger partial charge on any atom is -0.457 e. The Bertz CT molecular complexity index is 988. The minimum atomic E-state index is -0.605. The number of anilines is 1. The van der Waals surface area contributed by atoms with Crippen LogP contribution in [0.25, 0.3) is 0 Å². The molecule has 1 N–H and O–H groups in total. The van der Waals surface area contributed by atoms with Crippen molar-refractivity contribution in [2.75, 3.05) is 18.0 Å². The van der Waals surface area contributed by atoms with Gasteiger partial charge in [-0.3, -0.25) is 9.59 Å². The van der Waals surface area contributed by atoms with Crippen molar-refractivity contribution in [3.63, 3.8) is 0 Å². The number of nitrogens with one attached hydrogen (secondary N) is 1. The molecule has 30 heavy (non-hydrogen) atoms. The van der Waals surface area contributed by atoms with E-state index in [2.05, 4.69) is 5.32 Å². The Balaban J connectivity index is 1.25. The Kier molecular flexibility index (Phi) is 6.09. The lowest BCUT2D eigenvalue weighted by atomic mass is 10.1. The Morgan fingerprint density at radius 3 is 2.23 bits per heavy atom. The lowest BCUT2D eigenvalue weighted by Crippen LogP contribution is -2.37. The van der Waals surface area contributed by atoms with Gasteiger partial charge in [0.25, 0.3) is 0 Å². The van der Waals surface area contributed by atoms with E-state index < -0.39 is 5.92 Å². The molecule has 0 aromatic heterocycles. The molecule has 1 aliphatic heterocycles. The number of amides is 2. The molecular formula is C25H24N2O3. The maximum atomic E-state index is 12.6. The van der Waals surface area contributed by atoms with Gasteiger partial charge in [-0.1, -0.05) is 48.5 Å². The van der Waals surface area contributed by atoms with Gasteiger partial charge >= 0.3 is 0 Å². The van der Waals surface area contributed by atoms with Crippen LogP contribution in [0, 0.1) is 5.92 Å². The molecule has 1 atom stereocenters. The number of ether oxygens (including phenoxy) is 1. The molecule has 152 valence electrons. The van der Waals surface area contributed by atoms with Crippen LogP contribution in [0.4, 0.5) is 5.69 Å². The van der Waals surface area contributed by atoms with Crippen LogP contribution in [0.3, 0.4) is 0 Å². The van der Waals surface area contributed by atoms with Crippen molar-refractivity contribution in [3.05, 3.63) is 90.5 Å². The predicted octanol–water partition coefficient (Wildman–Crippen LogP) is 4.19. The highest BCUT2D eigenvalue weighted by Crippen LogP contribution is 2.25. The first-order valence-electron chi connectivity index (χ1n) is 10.2. The number of rotatable bonds is 7. The summed E-state index contributed by atoms with van der Waals surface area (Å²) >= 11 is 0. The Hall–Kier alpha value is -3.60. The van der Waals surface area contributed by atoms with E-state index in [0.29, 0.717) is 25.9 Å². The van der Waals surface area contributed by atoms with Crippen LogP contribution >= 0.6 is 0 Å². The van der Waals surface area contributed by atoms with E-state index in [1.54, 1.807) is 4.90 Å². The Morgan fingerprint density at radius 1 is 0.900 bits per heavy atom. The number of benzene rings is 3. The van der Waals surface area contributed by atoms with Gasteiger partial charge in [-0.05, 0) is 54.8 Å². The molecule has 4 rings (SSSR count). The highest BCUT2D eigenvalue weighted by Gasteiger charge is 2.37. The standard InChI is InChI=1S/C25H24N2O3/c28-24(23-16-18-27(25(23)29)20-7-3-1-4-8-20)26-17-15-19-11-13-22(14-12-19)30-21-9-5-2-6-10-21/h1-14,23H,15-18H2,(H,26,28). The molecular weight excluding hydrogens is 376 g/mol. The van der Waals surface area contributed by atoms with E-state index in [4.69, 9.17) is 4.74 Å². The van der Waals surface area contributed by atoms with Crippen molar-refractivity contribution in [1.82, 2.24) is 5.32 Å². The first-order chi connectivity index (χ1) is 14.7. The van der Waals surface area contributed by atoms with Gasteiger partial charge in [0.05, 0.1) is 0 Å². The normalized spacial score (nSPS) is 15.8. The average molecular weight is 400 g/mol. The fourth-order valence-electron chi connectivity index (χ4n) is 3.59. The van der Waals surface area contributed by atoms with Gasteiger partial charge in [-0.25, -0.2) is 0 Å². The number of para-hydroxylation sites is 2. The van der Waals surface area contributed by atoms with Gasteiger partial charge in [0.15, 0.2) is 0 Å². The average Bonchev–Trinajstić information content (AvgIpc) is 3.17. The van der Waals surface area contributed by atoms with E-state index in [1.807, 2.05) is 84.9 Å². The number of carbonyl (C=O) groups is 2. The largest absolute Gasteiger partial charge is 0.457 e. The molecule has 1 aliphatic rings. The quantitative estimate of drug-likeness (QED) is 0.605. The summed E-state index contributed by atoms with van der Waals surface area (Å²) in [6.45, 7) is 1.07. The summed E-state index contributed by atoms with van der Waals surface area (Å²) in [4.78, 5) is 26.8. The third-order valence-corrected chi connectivity index (χ3v) is 5.21. The third-order valence-electron chi connectivity index (χ3n) is 5.21. The van der Waals surface area contributed by atoms with E-state index in [1.165, 1.54) is 0 Å². The lowest BCUT2D eigenvalue weighted by Gasteiger charge is -2.16. The smallest absolute Gasteiger partial charge is 0.239 e. The summed E-state index contributed by atoms with van der Waals surface area (Å²) in [6.07, 6.45) is 1.24. The second-order valence-electron chi connectivity index (χ2n) is 7.27. The molecule has 5 heteroatoms. The Labute approximate surface area is 176 Å². The van der Waals surface area contributed by atoms with E-state index in [9.17, 15) is 9.59 Å². The molecule has 1 fully saturated rings. The van der Waals surface area contributed by atoms with Crippen molar-refractivity contribution in [3.8, 4) is 11.5 Å².